The van der Waals surface area contributed by atoms with Gasteiger partial charge in [0.2, 0.25) is 5.91 Å². The summed E-state index contributed by atoms with van der Waals surface area (Å²) in [6.07, 6.45) is 0.208. The molecular formula is C55H57N7O10. The molecule has 5 amide bonds. The Kier molecular flexibility index (Phi) is 17.8. The second-order valence-corrected chi connectivity index (χ2v) is 18.5. The van der Waals surface area contributed by atoms with Crippen LogP contribution in [0.3, 0.4) is 0 Å². The molecule has 72 heavy (non-hydrogen) atoms. The Hall–Kier alpha value is -8.80. The van der Waals surface area contributed by atoms with Gasteiger partial charge in [-0.05, 0) is 165 Å². The summed E-state index contributed by atoms with van der Waals surface area (Å²) >= 11 is 0. The average molecular weight is 976 g/mol. The number of hydrogen-bond donors (Lipinski definition) is 5. The maximum atomic E-state index is 13.9. The maximum Gasteiger partial charge on any atom is 0.338 e. The molecule has 372 valence electrons. The lowest BCUT2D eigenvalue weighted by molar-refractivity contribution is -0.125. The Morgan fingerprint density at radius 2 is 1.15 bits per heavy atom. The predicted molar refractivity (Wildman–Crippen MR) is 272 cm³/mol. The molecule has 0 heterocycles. The van der Waals surface area contributed by atoms with Crippen LogP contribution < -0.4 is 36.1 Å². The van der Waals surface area contributed by atoms with Crippen molar-refractivity contribution in [2.24, 2.45) is 0 Å². The zero-order chi connectivity index (χ0) is 52.9. The smallest absolute Gasteiger partial charge is 0.338 e. The van der Waals surface area contributed by atoms with E-state index in [4.69, 9.17) is 24.2 Å². The van der Waals surface area contributed by atoms with Gasteiger partial charge in [-0.2, -0.15) is 10.5 Å². The van der Waals surface area contributed by atoms with Crippen molar-refractivity contribution < 1.29 is 47.7 Å². The van der Waals surface area contributed by atoms with Gasteiger partial charge < -0.3 is 45.5 Å². The standard InChI is InChI=1S/C55H57N7O10/c1-11-28-69-46-42(51(66)58-40-23-18-37(19-24-40)53(68)72-55(8,9)10)25-27-44(47(46)70-32(2)3)61-49(64)36-16-21-41(22-17-36)59-52(67)45(33(4)71-54(5,6)7)62-50(65)38-20-26-43(39(29-38)31-57)60-48(63)35-14-12-34(30-56)13-15-35/h11-27,29,32-33,45H,1,28H2,2-10H3,(H,58,66)(H,59,67)(H,60,63)(H,61,64)(H,62,65)/t33-,45+/m1/s1. The Balaban J connectivity index is 1.32. The van der Waals surface area contributed by atoms with Gasteiger partial charge in [-0.25, -0.2) is 4.79 Å². The van der Waals surface area contributed by atoms with Crippen LogP contribution in [0.15, 0.2) is 116 Å². The summed E-state index contributed by atoms with van der Waals surface area (Å²) in [7, 11) is 0. The summed E-state index contributed by atoms with van der Waals surface area (Å²) in [5, 5.41) is 32.8. The molecule has 5 aromatic carbocycles. The lowest BCUT2D eigenvalue weighted by atomic mass is 10.1. The molecule has 0 bridgehead atoms. The summed E-state index contributed by atoms with van der Waals surface area (Å²) in [5.74, 6) is -3.38. The van der Waals surface area contributed by atoms with Gasteiger partial charge in [0.25, 0.3) is 23.6 Å². The first-order valence-electron chi connectivity index (χ1n) is 22.8. The van der Waals surface area contributed by atoms with Crippen LogP contribution in [-0.4, -0.2) is 71.6 Å². The highest BCUT2D eigenvalue weighted by Crippen LogP contribution is 2.40. The molecule has 0 aliphatic carbocycles. The first kappa shape index (κ1) is 54.1. The molecule has 0 saturated heterocycles. The molecule has 0 fully saturated rings. The van der Waals surface area contributed by atoms with E-state index in [1.807, 2.05) is 12.1 Å². The van der Waals surface area contributed by atoms with Gasteiger partial charge in [0, 0.05) is 28.1 Å². The van der Waals surface area contributed by atoms with E-state index in [1.54, 1.807) is 74.4 Å². The highest BCUT2D eigenvalue weighted by Gasteiger charge is 2.32. The molecule has 5 aromatic rings. The van der Waals surface area contributed by atoms with Gasteiger partial charge in [-0.3, -0.25) is 24.0 Å². The fourth-order valence-electron chi connectivity index (χ4n) is 6.85. The molecule has 0 radical (unpaired) electrons. The van der Waals surface area contributed by atoms with Crippen molar-refractivity contribution in [1.29, 1.82) is 10.5 Å². The molecule has 0 spiro atoms. The molecular weight excluding hydrogens is 919 g/mol. The first-order chi connectivity index (χ1) is 34.0. The van der Waals surface area contributed by atoms with E-state index in [1.165, 1.54) is 97.1 Å². The molecule has 0 aromatic heterocycles. The van der Waals surface area contributed by atoms with Crippen molar-refractivity contribution in [2.75, 3.05) is 27.9 Å². The van der Waals surface area contributed by atoms with E-state index in [2.05, 4.69) is 33.2 Å². The van der Waals surface area contributed by atoms with Crippen LogP contribution in [0, 0.1) is 22.7 Å². The number of anilines is 4. The molecule has 0 unspecified atom stereocenters. The SMILES string of the molecule is C=CCOc1c(C(=O)Nc2ccc(C(=O)OC(C)(C)C)cc2)ccc(NC(=O)c2ccc(NC(=O)[C@@H](NC(=O)c3ccc(NC(=O)c4ccc(C#N)cc4)c(C#N)c3)[C@@H](C)OC(C)(C)C)cc2)c1OC(C)C. The van der Waals surface area contributed by atoms with Crippen molar-refractivity contribution in [2.45, 2.75) is 91.8 Å². The number of nitrogens with one attached hydrogen (secondary N) is 5. The van der Waals surface area contributed by atoms with E-state index >= 15 is 0 Å². The third-order valence-corrected chi connectivity index (χ3v) is 10.0. The minimum Gasteiger partial charge on any atom is -0.485 e. The largest absolute Gasteiger partial charge is 0.485 e. The lowest BCUT2D eigenvalue weighted by Crippen LogP contribution is -2.52. The number of benzene rings is 5. The Morgan fingerprint density at radius 1 is 0.611 bits per heavy atom. The highest BCUT2D eigenvalue weighted by molar-refractivity contribution is 6.10. The average Bonchev–Trinajstić information content (AvgIpc) is 3.32. The fourth-order valence-corrected chi connectivity index (χ4v) is 6.85. The number of nitrogens with zero attached hydrogens (tertiary/aromatic N) is 2. The second-order valence-electron chi connectivity index (χ2n) is 18.5. The molecule has 0 saturated carbocycles. The van der Waals surface area contributed by atoms with E-state index in [9.17, 15) is 34.0 Å². The predicted octanol–water partition coefficient (Wildman–Crippen LogP) is 9.43. The molecule has 5 rings (SSSR count). The first-order valence-corrected chi connectivity index (χ1v) is 22.8. The number of ether oxygens (including phenoxy) is 4. The monoisotopic (exact) mass is 975 g/mol. The molecule has 2 atom stereocenters. The van der Waals surface area contributed by atoms with Crippen molar-refractivity contribution in [3.8, 4) is 23.6 Å². The van der Waals surface area contributed by atoms with Crippen LogP contribution in [-0.2, 0) is 14.3 Å². The summed E-state index contributed by atoms with van der Waals surface area (Å²) in [5.41, 5.74) is 0.843. The summed E-state index contributed by atoms with van der Waals surface area (Å²) in [6, 6.07) is 27.9. The van der Waals surface area contributed by atoms with E-state index < -0.39 is 65.0 Å². The second kappa shape index (κ2) is 23.7. The van der Waals surface area contributed by atoms with Gasteiger partial charge in [-0.1, -0.05) is 12.7 Å². The summed E-state index contributed by atoms with van der Waals surface area (Å²) < 4.78 is 23.7. The quantitative estimate of drug-likeness (QED) is 0.0407. The number of amides is 5. The Bertz CT molecular complexity index is 2920. The van der Waals surface area contributed by atoms with Crippen LogP contribution in [0.4, 0.5) is 22.7 Å². The third-order valence-electron chi connectivity index (χ3n) is 10.0. The highest BCUT2D eigenvalue weighted by atomic mass is 16.6. The molecule has 17 nitrogen and oxygen atoms in total. The van der Waals surface area contributed by atoms with Crippen molar-refractivity contribution >= 4 is 58.3 Å². The number of hydrogen-bond acceptors (Lipinski definition) is 12. The van der Waals surface area contributed by atoms with Crippen molar-refractivity contribution in [3.05, 3.63) is 155 Å². The maximum absolute atomic E-state index is 13.9. The number of carbonyl (C=O) groups is 6. The number of carbonyl (C=O) groups excluding carboxylic acids is 6. The van der Waals surface area contributed by atoms with Gasteiger partial charge in [0.15, 0.2) is 11.5 Å². The van der Waals surface area contributed by atoms with Crippen LogP contribution in [0.25, 0.3) is 0 Å². The van der Waals surface area contributed by atoms with E-state index in [0.29, 0.717) is 16.8 Å². The van der Waals surface area contributed by atoms with Crippen molar-refractivity contribution in [3.63, 3.8) is 0 Å². The number of rotatable bonds is 18. The fraction of sp³-hybridized carbons (Fsp3) is 0.273. The van der Waals surface area contributed by atoms with E-state index in [-0.39, 0.29) is 63.0 Å². The topological polar surface area (TPSA) is 247 Å². The van der Waals surface area contributed by atoms with Crippen LogP contribution in [0.5, 0.6) is 11.5 Å². The van der Waals surface area contributed by atoms with Crippen LogP contribution >= 0.6 is 0 Å². The van der Waals surface area contributed by atoms with Gasteiger partial charge in [0.05, 0.1) is 57.5 Å². The minimum atomic E-state index is -1.26. The van der Waals surface area contributed by atoms with Gasteiger partial charge in [0.1, 0.15) is 24.3 Å². The molecule has 5 N–H and O–H groups in total. The normalized spacial score (nSPS) is 11.9. The van der Waals surface area contributed by atoms with Crippen LogP contribution in [0.2, 0.25) is 0 Å². The van der Waals surface area contributed by atoms with Gasteiger partial charge in [-0.15, -0.1) is 0 Å². The third kappa shape index (κ3) is 15.1. The zero-order valence-electron chi connectivity index (χ0n) is 41.5. The summed E-state index contributed by atoms with van der Waals surface area (Å²) in [6.45, 7) is 19.6. The zero-order valence-corrected chi connectivity index (χ0v) is 41.5. The van der Waals surface area contributed by atoms with Gasteiger partial charge >= 0.3 is 5.97 Å². The number of nitriles is 2. The number of esters is 1. The minimum absolute atomic E-state index is 0.00540. The summed E-state index contributed by atoms with van der Waals surface area (Å²) in [4.78, 5) is 80.6. The van der Waals surface area contributed by atoms with Crippen LogP contribution in [0.1, 0.15) is 125 Å². The van der Waals surface area contributed by atoms with E-state index in [0.717, 1.165) is 0 Å². The lowest BCUT2D eigenvalue weighted by Gasteiger charge is -2.30. The molecule has 0 aliphatic rings. The molecule has 17 heteroatoms. The Morgan fingerprint density at radius 3 is 1.69 bits per heavy atom. The van der Waals surface area contributed by atoms with Crippen molar-refractivity contribution in [1.82, 2.24) is 5.32 Å². The molecule has 0 aliphatic heterocycles. The Labute approximate surface area is 418 Å².